The number of fused-ring (bicyclic) bond motifs is 1. The highest BCUT2D eigenvalue weighted by atomic mass is 16.5. The lowest BCUT2D eigenvalue weighted by Gasteiger charge is -2.09. The van der Waals surface area contributed by atoms with Gasteiger partial charge in [-0.3, -0.25) is 9.97 Å². The molecule has 142 valence electrons. The molecular formula is C20H20N6O2. The third-order valence-corrected chi connectivity index (χ3v) is 4.28. The zero-order valence-electron chi connectivity index (χ0n) is 15.9. The molecular weight excluding hydrogens is 356 g/mol. The lowest BCUT2D eigenvalue weighted by molar-refractivity contribution is 0.313. The van der Waals surface area contributed by atoms with Crippen molar-refractivity contribution in [1.82, 2.24) is 29.5 Å². The van der Waals surface area contributed by atoms with E-state index in [-0.39, 0.29) is 5.75 Å². The van der Waals surface area contributed by atoms with E-state index >= 15 is 0 Å². The Bertz CT molecular complexity index is 1140. The first-order valence-electron chi connectivity index (χ1n) is 8.98. The van der Waals surface area contributed by atoms with Crippen LogP contribution in [0.25, 0.3) is 22.6 Å². The van der Waals surface area contributed by atoms with Gasteiger partial charge in [-0.25, -0.2) is 4.98 Å². The molecule has 0 fully saturated rings. The largest absolute Gasteiger partial charge is 0.506 e. The van der Waals surface area contributed by atoms with Gasteiger partial charge in [-0.2, -0.15) is 9.97 Å². The van der Waals surface area contributed by atoms with Crippen molar-refractivity contribution in [1.29, 1.82) is 0 Å². The molecule has 0 aliphatic rings. The van der Waals surface area contributed by atoms with Gasteiger partial charge in [-0.15, -0.1) is 0 Å². The Morgan fingerprint density at radius 3 is 2.64 bits per heavy atom. The van der Waals surface area contributed by atoms with Crippen LogP contribution in [-0.2, 0) is 6.54 Å². The fourth-order valence-electron chi connectivity index (χ4n) is 3.03. The molecule has 0 atom stereocenters. The maximum Gasteiger partial charge on any atom is 0.318 e. The maximum atomic E-state index is 9.52. The number of aromatic hydroxyl groups is 1. The van der Waals surface area contributed by atoms with E-state index in [1.54, 1.807) is 24.5 Å². The Labute approximate surface area is 161 Å². The van der Waals surface area contributed by atoms with Crippen LogP contribution < -0.4 is 4.74 Å². The second-order valence-electron chi connectivity index (χ2n) is 6.48. The minimum absolute atomic E-state index is 0.124. The molecule has 0 spiro atoms. The second-order valence-corrected chi connectivity index (χ2v) is 6.48. The minimum Gasteiger partial charge on any atom is -0.506 e. The van der Waals surface area contributed by atoms with Gasteiger partial charge >= 0.3 is 6.01 Å². The van der Waals surface area contributed by atoms with Gasteiger partial charge in [0.25, 0.3) is 0 Å². The number of pyridine rings is 2. The molecule has 0 amide bonds. The molecule has 4 rings (SSSR count). The van der Waals surface area contributed by atoms with Crippen molar-refractivity contribution in [2.75, 3.05) is 6.61 Å². The summed E-state index contributed by atoms with van der Waals surface area (Å²) in [6, 6.07) is 5.74. The summed E-state index contributed by atoms with van der Waals surface area (Å²) in [7, 11) is 0. The summed E-state index contributed by atoms with van der Waals surface area (Å²) in [6.07, 6.45) is 5.01. The fraction of sp³-hybridized carbons (Fsp3) is 0.250. The van der Waals surface area contributed by atoms with Crippen molar-refractivity contribution in [3.63, 3.8) is 0 Å². The lowest BCUT2D eigenvalue weighted by atomic mass is 10.2. The van der Waals surface area contributed by atoms with Crippen LogP contribution in [0.4, 0.5) is 0 Å². The molecule has 8 nitrogen and oxygen atoms in total. The van der Waals surface area contributed by atoms with Crippen molar-refractivity contribution in [2.24, 2.45) is 0 Å². The fourth-order valence-corrected chi connectivity index (χ4v) is 3.03. The average Bonchev–Trinajstić information content (AvgIpc) is 3.03. The van der Waals surface area contributed by atoms with E-state index in [1.165, 1.54) is 6.20 Å². The normalized spacial score (nSPS) is 11.1. The molecule has 0 unspecified atom stereocenters. The Morgan fingerprint density at radius 2 is 1.93 bits per heavy atom. The quantitative estimate of drug-likeness (QED) is 0.571. The van der Waals surface area contributed by atoms with Gasteiger partial charge in [0.2, 0.25) is 0 Å². The Kier molecular flexibility index (Phi) is 4.60. The number of aryl methyl sites for hydroxylation is 2. The molecule has 0 aliphatic carbocycles. The van der Waals surface area contributed by atoms with Crippen LogP contribution in [0.3, 0.4) is 0 Å². The average molecular weight is 376 g/mol. The number of hydrogen-bond donors (Lipinski definition) is 1. The van der Waals surface area contributed by atoms with Gasteiger partial charge in [0.1, 0.15) is 17.1 Å². The summed E-state index contributed by atoms with van der Waals surface area (Å²) in [5, 5.41) is 9.52. The highest BCUT2D eigenvalue weighted by molar-refractivity contribution is 5.79. The first kappa shape index (κ1) is 17.8. The van der Waals surface area contributed by atoms with Crippen LogP contribution in [0.5, 0.6) is 11.8 Å². The zero-order valence-corrected chi connectivity index (χ0v) is 15.9. The number of aromatic nitrogens is 6. The summed E-state index contributed by atoms with van der Waals surface area (Å²) in [5.41, 5.74) is 4.81. The van der Waals surface area contributed by atoms with Crippen molar-refractivity contribution in [3.8, 4) is 23.1 Å². The van der Waals surface area contributed by atoms with Crippen molar-refractivity contribution >= 4 is 11.2 Å². The molecule has 0 bridgehead atoms. The Balaban J connectivity index is 1.93. The van der Waals surface area contributed by atoms with Gasteiger partial charge in [0.15, 0.2) is 5.65 Å². The lowest BCUT2D eigenvalue weighted by Crippen LogP contribution is -2.06. The second kappa shape index (κ2) is 7.22. The third kappa shape index (κ3) is 3.36. The number of rotatable bonds is 5. The summed E-state index contributed by atoms with van der Waals surface area (Å²) in [5.74, 6) is 0.853. The van der Waals surface area contributed by atoms with Gasteiger partial charge in [-0.1, -0.05) is 0 Å². The van der Waals surface area contributed by atoms with Gasteiger partial charge < -0.3 is 14.4 Å². The third-order valence-electron chi connectivity index (χ3n) is 4.28. The smallest absolute Gasteiger partial charge is 0.318 e. The first-order chi connectivity index (χ1) is 13.5. The monoisotopic (exact) mass is 376 g/mol. The van der Waals surface area contributed by atoms with Gasteiger partial charge in [0, 0.05) is 18.0 Å². The Morgan fingerprint density at radius 1 is 1.07 bits per heavy atom. The molecule has 1 N–H and O–H groups in total. The van der Waals surface area contributed by atoms with E-state index in [0.29, 0.717) is 30.3 Å². The van der Waals surface area contributed by atoms with Gasteiger partial charge in [-0.05, 0) is 44.5 Å². The molecule has 4 aromatic heterocycles. The molecule has 0 radical (unpaired) electrons. The van der Waals surface area contributed by atoms with E-state index in [9.17, 15) is 5.11 Å². The number of hydrogen-bond acceptors (Lipinski definition) is 7. The van der Waals surface area contributed by atoms with E-state index in [0.717, 1.165) is 28.3 Å². The highest BCUT2D eigenvalue weighted by Crippen LogP contribution is 2.27. The van der Waals surface area contributed by atoms with Crippen molar-refractivity contribution in [2.45, 2.75) is 27.3 Å². The molecule has 0 saturated heterocycles. The number of ether oxygens (including phenoxy) is 1. The topological polar surface area (TPSA) is 98.8 Å². The van der Waals surface area contributed by atoms with Crippen LogP contribution in [0.1, 0.15) is 23.9 Å². The molecule has 4 aromatic rings. The Hall–Kier alpha value is -3.55. The van der Waals surface area contributed by atoms with E-state index in [1.807, 2.05) is 31.4 Å². The van der Waals surface area contributed by atoms with Crippen LogP contribution in [0, 0.1) is 13.8 Å². The zero-order chi connectivity index (χ0) is 19.7. The van der Waals surface area contributed by atoms with Crippen molar-refractivity contribution in [3.05, 3.63) is 53.7 Å². The van der Waals surface area contributed by atoms with E-state index in [2.05, 4.69) is 19.9 Å². The van der Waals surface area contributed by atoms with Crippen LogP contribution in [0.15, 0.2) is 36.8 Å². The van der Waals surface area contributed by atoms with E-state index < -0.39 is 0 Å². The summed E-state index contributed by atoms with van der Waals surface area (Å²) in [6.45, 7) is 6.68. The number of nitrogens with zero attached hydrogens (tertiary/aromatic N) is 6. The molecule has 0 saturated carbocycles. The predicted molar refractivity (Wildman–Crippen MR) is 104 cm³/mol. The summed E-state index contributed by atoms with van der Waals surface area (Å²) < 4.78 is 7.50. The molecule has 28 heavy (non-hydrogen) atoms. The maximum absolute atomic E-state index is 9.52. The summed E-state index contributed by atoms with van der Waals surface area (Å²) in [4.78, 5) is 22.4. The number of imidazole rings is 1. The van der Waals surface area contributed by atoms with Crippen LogP contribution in [0.2, 0.25) is 0 Å². The molecule has 8 heteroatoms. The minimum atomic E-state index is 0.124. The van der Waals surface area contributed by atoms with Crippen LogP contribution in [-0.4, -0.2) is 41.2 Å². The van der Waals surface area contributed by atoms with Crippen LogP contribution >= 0.6 is 0 Å². The molecule has 0 aromatic carbocycles. The van der Waals surface area contributed by atoms with Crippen molar-refractivity contribution < 1.29 is 9.84 Å². The first-order valence-corrected chi connectivity index (χ1v) is 8.98. The van der Waals surface area contributed by atoms with E-state index in [4.69, 9.17) is 9.72 Å². The molecule has 0 aliphatic heterocycles. The highest BCUT2D eigenvalue weighted by Gasteiger charge is 2.19. The predicted octanol–water partition coefficient (Wildman–Crippen LogP) is 3.05. The van der Waals surface area contributed by atoms with Gasteiger partial charge in [0.05, 0.1) is 30.7 Å². The summed E-state index contributed by atoms with van der Waals surface area (Å²) >= 11 is 0. The molecule has 4 heterocycles. The standard InChI is InChI=1S/C20H20N6O2/c1-4-28-20-23-13(3)17-19(25-20)26(11-15-5-6-16(27)10-22-15)18(24-17)14-7-12(2)8-21-9-14/h5-10,27H,4,11H2,1-3H3. The SMILES string of the molecule is CCOc1nc(C)c2nc(-c3cncc(C)c3)n(Cc3ccc(O)cn3)c2n1.